The molecule has 1 aromatic heterocycles. The molecule has 1 aliphatic rings. The molecule has 0 unspecified atom stereocenters. The van der Waals surface area contributed by atoms with E-state index >= 15 is 0 Å². The normalized spacial score (nSPS) is 16.7. The van der Waals surface area contributed by atoms with Crippen LogP contribution in [0.4, 0.5) is 13.2 Å². The smallest absolute Gasteiger partial charge is 0.433 e. The van der Waals surface area contributed by atoms with Gasteiger partial charge in [-0.05, 0) is 37.1 Å². The highest BCUT2D eigenvalue weighted by Crippen LogP contribution is 2.39. The number of benzene rings is 1. The Hall–Kier alpha value is -2.49. The average molecular weight is 427 g/mol. The molecule has 0 N–H and O–H groups in total. The van der Waals surface area contributed by atoms with Crippen LogP contribution in [0.2, 0.25) is 0 Å². The van der Waals surface area contributed by atoms with E-state index in [1.54, 1.807) is 31.3 Å². The van der Waals surface area contributed by atoms with Gasteiger partial charge in [-0.3, -0.25) is 4.79 Å². The van der Waals surface area contributed by atoms with Crippen molar-refractivity contribution < 1.29 is 27.4 Å². The van der Waals surface area contributed by atoms with Crippen LogP contribution in [0.25, 0.3) is 0 Å². The lowest BCUT2D eigenvalue weighted by Crippen LogP contribution is -2.32. The van der Waals surface area contributed by atoms with Gasteiger partial charge in [0, 0.05) is 18.3 Å². The van der Waals surface area contributed by atoms with Gasteiger partial charge in [0.1, 0.15) is 17.2 Å². The van der Waals surface area contributed by atoms with Crippen molar-refractivity contribution in [1.82, 2.24) is 14.9 Å². The van der Waals surface area contributed by atoms with E-state index in [-0.39, 0.29) is 22.9 Å². The molecule has 1 atom stereocenters. The monoisotopic (exact) mass is 427 g/mol. The van der Waals surface area contributed by atoms with E-state index in [1.165, 1.54) is 0 Å². The van der Waals surface area contributed by atoms with Crippen LogP contribution in [-0.4, -0.2) is 47.3 Å². The predicted molar refractivity (Wildman–Crippen MR) is 101 cm³/mol. The number of nitrogens with zero attached hydrogens (tertiary/aromatic N) is 3. The number of halogens is 3. The van der Waals surface area contributed by atoms with E-state index in [0.29, 0.717) is 18.0 Å². The molecule has 0 spiro atoms. The van der Waals surface area contributed by atoms with Gasteiger partial charge in [0.15, 0.2) is 5.16 Å². The molecule has 29 heavy (non-hydrogen) atoms. The number of thioether (sulfide) groups is 1. The molecule has 3 rings (SSSR count). The van der Waals surface area contributed by atoms with E-state index in [9.17, 15) is 18.0 Å². The number of likely N-dealkylation sites (tertiary alicyclic amines) is 1. The maximum Gasteiger partial charge on any atom is 0.433 e. The molecule has 6 nitrogen and oxygen atoms in total. The molecular weight excluding hydrogens is 407 g/mol. The number of carbonyl (C=O) groups is 1. The molecule has 1 aromatic carbocycles. The molecule has 1 saturated heterocycles. The minimum atomic E-state index is -4.55. The van der Waals surface area contributed by atoms with Crippen molar-refractivity contribution in [1.29, 1.82) is 0 Å². The molecule has 1 aliphatic heterocycles. The quantitative estimate of drug-likeness (QED) is 0.514. The van der Waals surface area contributed by atoms with Gasteiger partial charge in [-0.25, -0.2) is 9.97 Å². The molecule has 0 aliphatic carbocycles. The summed E-state index contributed by atoms with van der Waals surface area (Å²) in [7, 11) is 3.13. The largest absolute Gasteiger partial charge is 0.497 e. The van der Waals surface area contributed by atoms with Crippen LogP contribution in [0.15, 0.2) is 35.6 Å². The molecule has 2 aromatic rings. The molecule has 10 heteroatoms. The molecule has 0 radical (unpaired) electrons. The summed E-state index contributed by atoms with van der Waals surface area (Å²) in [5, 5.41) is -0.0807. The first-order valence-corrected chi connectivity index (χ1v) is 9.86. The number of rotatable bonds is 6. The molecule has 0 bridgehead atoms. The van der Waals surface area contributed by atoms with Gasteiger partial charge in [-0.15, -0.1) is 0 Å². The second-order valence-electron chi connectivity index (χ2n) is 6.36. The summed E-state index contributed by atoms with van der Waals surface area (Å²) in [4.78, 5) is 21.8. The number of hydrogen-bond donors (Lipinski definition) is 0. The number of aromatic nitrogens is 2. The first-order chi connectivity index (χ1) is 13.8. The first kappa shape index (κ1) is 21.2. The molecule has 0 saturated carbocycles. The van der Waals surface area contributed by atoms with Crippen molar-refractivity contribution >= 4 is 17.7 Å². The average Bonchev–Trinajstić information content (AvgIpc) is 3.21. The number of alkyl halides is 3. The summed E-state index contributed by atoms with van der Waals surface area (Å²) in [6.07, 6.45) is -1.92. The van der Waals surface area contributed by atoms with E-state index in [4.69, 9.17) is 9.47 Å². The van der Waals surface area contributed by atoms with Crippen LogP contribution in [0.1, 0.15) is 30.1 Å². The fourth-order valence-corrected chi connectivity index (χ4v) is 3.98. The second kappa shape index (κ2) is 8.89. The minimum Gasteiger partial charge on any atom is -0.497 e. The molecule has 1 fully saturated rings. The molecule has 2 heterocycles. The first-order valence-electron chi connectivity index (χ1n) is 8.88. The van der Waals surface area contributed by atoms with Gasteiger partial charge in [-0.2, -0.15) is 13.2 Å². The third-order valence-corrected chi connectivity index (χ3v) is 5.46. The molecule has 156 valence electrons. The Kier molecular flexibility index (Phi) is 6.51. The summed E-state index contributed by atoms with van der Waals surface area (Å²) in [6.45, 7) is 0.563. The lowest BCUT2D eigenvalue weighted by molar-refractivity contribution is -0.141. The minimum absolute atomic E-state index is 0.0515. The van der Waals surface area contributed by atoms with Crippen molar-refractivity contribution in [2.75, 3.05) is 26.5 Å². The zero-order chi connectivity index (χ0) is 21.0. The van der Waals surface area contributed by atoms with Gasteiger partial charge >= 0.3 is 6.18 Å². The van der Waals surface area contributed by atoms with E-state index in [2.05, 4.69) is 9.97 Å². The van der Waals surface area contributed by atoms with Gasteiger partial charge in [0.25, 0.3) is 0 Å². The summed E-state index contributed by atoms with van der Waals surface area (Å²) < 4.78 is 49.1. The predicted octanol–water partition coefficient (Wildman–Crippen LogP) is 3.97. The number of ether oxygens (including phenoxy) is 2. The van der Waals surface area contributed by atoms with Crippen LogP contribution in [0.3, 0.4) is 0 Å². The Balaban J connectivity index is 1.73. The van der Waals surface area contributed by atoms with Crippen LogP contribution in [0, 0.1) is 0 Å². The maximum absolute atomic E-state index is 12.8. The summed E-state index contributed by atoms with van der Waals surface area (Å²) in [6, 6.07) is 6.04. The fourth-order valence-electron chi connectivity index (χ4n) is 3.27. The van der Waals surface area contributed by atoms with Crippen LogP contribution in [0.5, 0.6) is 11.5 Å². The number of methoxy groups -OCH3 is 2. The van der Waals surface area contributed by atoms with E-state index in [0.717, 1.165) is 42.4 Å². The van der Waals surface area contributed by atoms with Crippen molar-refractivity contribution in [3.8, 4) is 11.5 Å². The SMILES string of the molecule is COc1ccc(OC)c([C@H]2CCCN2C(=O)CSc2nccc(C(F)(F)F)n2)c1. The highest BCUT2D eigenvalue weighted by molar-refractivity contribution is 7.99. The number of carbonyl (C=O) groups excluding carboxylic acids is 1. The third-order valence-electron chi connectivity index (χ3n) is 4.62. The number of amides is 1. The zero-order valence-electron chi connectivity index (χ0n) is 15.9. The molecule has 1 amide bonds. The summed E-state index contributed by atoms with van der Waals surface area (Å²) in [5.74, 6) is 1.07. The Morgan fingerprint density at radius 2 is 2.07 bits per heavy atom. The maximum atomic E-state index is 12.8. The molecular formula is C19H20F3N3O3S. The van der Waals surface area contributed by atoms with Gasteiger partial charge in [-0.1, -0.05) is 11.8 Å². The van der Waals surface area contributed by atoms with Gasteiger partial charge in [0.2, 0.25) is 5.91 Å². The topological polar surface area (TPSA) is 64.6 Å². The Labute approximate surface area is 170 Å². The fraction of sp³-hybridized carbons (Fsp3) is 0.421. The second-order valence-corrected chi connectivity index (χ2v) is 7.31. The lowest BCUT2D eigenvalue weighted by atomic mass is 10.0. The summed E-state index contributed by atoms with van der Waals surface area (Å²) in [5.41, 5.74) is -0.180. The highest BCUT2D eigenvalue weighted by atomic mass is 32.2. The van der Waals surface area contributed by atoms with Crippen molar-refractivity contribution in [2.24, 2.45) is 0 Å². The van der Waals surface area contributed by atoms with Crippen molar-refractivity contribution in [2.45, 2.75) is 30.2 Å². The Bertz CT molecular complexity index is 879. The van der Waals surface area contributed by atoms with Crippen LogP contribution in [-0.2, 0) is 11.0 Å². The van der Waals surface area contributed by atoms with E-state index in [1.807, 2.05) is 6.07 Å². The lowest BCUT2D eigenvalue weighted by Gasteiger charge is -2.26. The third kappa shape index (κ3) is 4.92. The van der Waals surface area contributed by atoms with E-state index < -0.39 is 11.9 Å². The number of hydrogen-bond acceptors (Lipinski definition) is 6. The Morgan fingerprint density at radius 3 is 2.76 bits per heavy atom. The standard InChI is InChI=1S/C19H20F3N3O3S/c1-27-12-5-6-15(28-2)13(10-12)14-4-3-9-25(14)17(26)11-29-18-23-8-7-16(24-18)19(20,21)22/h5-8,10,14H,3-4,9,11H2,1-2H3/t14-/m1/s1. The van der Waals surface area contributed by atoms with Crippen molar-refractivity contribution in [3.05, 3.63) is 41.7 Å². The summed E-state index contributed by atoms with van der Waals surface area (Å²) >= 11 is 0.891. The van der Waals surface area contributed by atoms with Crippen molar-refractivity contribution in [3.63, 3.8) is 0 Å². The van der Waals surface area contributed by atoms with Gasteiger partial charge < -0.3 is 14.4 Å². The van der Waals surface area contributed by atoms with Gasteiger partial charge in [0.05, 0.1) is 26.0 Å². The highest BCUT2D eigenvalue weighted by Gasteiger charge is 2.34. The Morgan fingerprint density at radius 1 is 1.28 bits per heavy atom. The zero-order valence-corrected chi connectivity index (χ0v) is 16.7. The van der Waals surface area contributed by atoms with Crippen LogP contribution < -0.4 is 9.47 Å². The van der Waals surface area contributed by atoms with Crippen LogP contribution >= 0.6 is 11.8 Å².